The highest BCUT2D eigenvalue weighted by atomic mass is 32.2. The van der Waals surface area contributed by atoms with E-state index >= 15 is 0 Å². The number of sulfonamides is 1. The van der Waals surface area contributed by atoms with Gasteiger partial charge in [0.25, 0.3) is 5.91 Å². The summed E-state index contributed by atoms with van der Waals surface area (Å²) >= 11 is 0. The lowest BCUT2D eigenvalue weighted by Gasteiger charge is -2.20. The zero-order valence-corrected chi connectivity index (χ0v) is 21.2. The topological polar surface area (TPSA) is 106 Å². The third kappa shape index (κ3) is 5.06. The van der Waals surface area contributed by atoms with Crippen LogP contribution in [0, 0.1) is 13.8 Å². The third-order valence-electron chi connectivity index (χ3n) is 6.19. The second-order valence-corrected chi connectivity index (χ2v) is 11.2. The van der Waals surface area contributed by atoms with Crippen molar-refractivity contribution >= 4 is 38.5 Å². The Kier molecular flexibility index (Phi) is 6.91. The van der Waals surface area contributed by atoms with Crippen LogP contribution >= 0.6 is 0 Å². The molecule has 0 unspecified atom stereocenters. The Morgan fingerprint density at radius 1 is 1.06 bits per heavy atom. The van der Waals surface area contributed by atoms with Gasteiger partial charge in [0.2, 0.25) is 10.0 Å². The molecule has 35 heavy (non-hydrogen) atoms. The Labute approximate surface area is 205 Å². The summed E-state index contributed by atoms with van der Waals surface area (Å²) in [6.07, 6.45) is 3.55. The molecule has 1 aliphatic carbocycles. The van der Waals surface area contributed by atoms with Crippen LogP contribution in [0.25, 0.3) is 10.9 Å². The maximum absolute atomic E-state index is 13.2. The maximum Gasteiger partial charge on any atom is 0.339 e. The molecule has 1 heterocycles. The first-order valence-electron chi connectivity index (χ1n) is 11.5. The highest BCUT2D eigenvalue weighted by Crippen LogP contribution is 2.30. The molecule has 1 amide bonds. The number of nitrogens with zero attached hydrogens (tertiary/aromatic N) is 2. The summed E-state index contributed by atoms with van der Waals surface area (Å²) in [5.41, 5.74) is 4.91. The molecule has 1 N–H and O–H groups in total. The molecule has 4 rings (SSSR count). The molecule has 1 aliphatic rings. The van der Waals surface area contributed by atoms with Crippen molar-refractivity contribution in [3.05, 3.63) is 64.3 Å². The van der Waals surface area contributed by atoms with Gasteiger partial charge < -0.3 is 10.1 Å². The highest BCUT2D eigenvalue weighted by Gasteiger charge is 2.25. The van der Waals surface area contributed by atoms with Gasteiger partial charge in [0.1, 0.15) is 0 Å². The van der Waals surface area contributed by atoms with Gasteiger partial charge in [-0.15, -0.1) is 0 Å². The zero-order valence-electron chi connectivity index (χ0n) is 20.3. The average Bonchev–Trinajstić information content (AvgIpc) is 2.82. The van der Waals surface area contributed by atoms with Crippen LogP contribution in [0.15, 0.2) is 41.3 Å². The number of anilines is 1. The number of aromatic nitrogens is 1. The van der Waals surface area contributed by atoms with E-state index in [9.17, 15) is 18.0 Å². The van der Waals surface area contributed by atoms with E-state index in [0.29, 0.717) is 16.8 Å². The molecular weight excluding hydrogens is 466 g/mol. The van der Waals surface area contributed by atoms with Gasteiger partial charge in [-0.2, -0.15) is 0 Å². The number of rotatable bonds is 6. The Morgan fingerprint density at radius 3 is 2.54 bits per heavy atom. The lowest BCUT2D eigenvalue weighted by molar-refractivity contribution is -0.119. The number of nitrogens with one attached hydrogen (secondary N) is 1. The van der Waals surface area contributed by atoms with Crippen LogP contribution in [0.4, 0.5) is 5.69 Å². The van der Waals surface area contributed by atoms with Crippen LogP contribution < -0.4 is 5.32 Å². The van der Waals surface area contributed by atoms with E-state index in [0.717, 1.165) is 57.7 Å². The van der Waals surface area contributed by atoms with E-state index in [1.807, 2.05) is 25.1 Å². The SMILES string of the molecule is Cc1ccc2nc3c(c(C(=O)OCC(=O)Nc4ccc(C)c(S(=O)(=O)N(C)C)c4)c2c1)CCCC3. The molecule has 1 aromatic heterocycles. The largest absolute Gasteiger partial charge is 0.452 e. The summed E-state index contributed by atoms with van der Waals surface area (Å²) in [6, 6.07) is 10.4. The Balaban J connectivity index is 1.54. The Hall–Kier alpha value is -3.30. The minimum atomic E-state index is -3.67. The van der Waals surface area contributed by atoms with Gasteiger partial charge in [-0.25, -0.2) is 17.5 Å². The lowest BCUT2D eigenvalue weighted by Crippen LogP contribution is -2.24. The first-order valence-corrected chi connectivity index (χ1v) is 12.9. The van der Waals surface area contributed by atoms with Crippen LogP contribution in [0.2, 0.25) is 0 Å². The fourth-order valence-corrected chi connectivity index (χ4v) is 5.47. The van der Waals surface area contributed by atoms with Crippen molar-refractivity contribution in [1.29, 1.82) is 0 Å². The molecule has 3 aromatic rings. The normalized spacial score (nSPS) is 13.5. The van der Waals surface area contributed by atoms with E-state index < -0.39 is 28.5 Å². The fraction of sp³-hybridized carbons (Fsp3) is 0.346. The van der Waals surface area contributed by atoms with E-state index in [1.165, 1.54) is 20.2 Å². The van der Waals surface area contributed by atoms with Crippen LogP contribution in [-0.4, -0.2) is 50.3 Å². The number of aryl methyl sites for hydroxylation is 3. The van der Waals surface area contributed by atoms with Crippen LogP contribution in [-0.2, 0) is 32.4 Å². The molecule has 0 radical (unpaired) electrons. The quantitative estimate of drug-likeness (QED) is 0.522. The third-order valence-corrected chi connectivity index (χ3v) is 8.14. The predicted molar refractivity (Wildman–Crippen MR) is 134 cm³/mol. The molecule has 0 aliphatic heterocycles. The Bertz CT molecular complexity index is 1430. The maximum atomic E-state index is 13.2. The van der Waals surface area contributed by atoms with Crippen LogP contribution in [0.1, 0.15) is 45.6 Å². The van der Waals surface area contributed by atoms with Crippen molar-refractivity contribution in [2.24, 2.45) is 0 Å². The standard InChI is InChI=1S/C26H29N3O5S/c1-16-9-12-22-20(13-16)25(19-7-5-6-8-21(19)28-22)26(31)34-15-24(30)27-18-11-10-17(2)23(14-18)35(32,33)29(3)4/h9-14H,5-8,15H2,1-4H3,(H,27,30). The summed E-state index contributed by atoms with van der Waals surface area (Å²) in [5, 5.41) is 3.35. The number of carbonyl (C=O) groups is 2. The van der Waals surface area contributed by atoms with E-state index in [4.69, 9.17) is 9.72 Å². The van der Waals surface area contributed by atoms with Crippen molar-refractivity contribution < 1.29 is 22.7 Å². The molecule has 0 bridgehead atoms. The van der Waals surface area contributed by atoms with Crippen molar-refractivity contribution in [2.45, 2.75) is 44.4 Å². The number of carbonyl (C=O) groups excluding carboxylic acids is 2. The first kappa shape index (κ1) is 24.8. The minimum Gasteiger partial charge on any atom is -0.452 e. The number of amides is 1. The summed E-state index contributed by atoms with van der Waals surface area (Å²) in [6.45, 7) is 3.14. The number of esters is 1. The number of pyridine rings is 1. The molecule has 2 aromatic carbocycles. The predicted octanol–water partition coefficient (Wildman–Crippen LogP) is 3.78. The van der Waals surface area contributed by atoms with Gasteiger partial charge in [-0.1, -0.05) is 17.7 Å². The van der Waals surface area contributed by atoms with E-state index in [-0.39, 0.29) is 4.90 Å². The minimum absolute atomic E-state index is 0.0996. The molecule has 9 heteroatoms. The van der Waals surface area contributed by atoms with Crippen molar-refractivity contribution in [3.63, 3.8) is 0 Å². The molecule has 0 atom stereocenters. The lowest BCUT2D eigenvalue weighted by atomic mass is 9.89. The smallest absolute Gasteiger partial charge is 0.339 e. The van der Waals surface area contributed by atoms with Crippen molar-refractivity contribution in [2.75, 3.05) is 26.0 Å². The van der Waals surface area contributed by atoms with Gasteiger partial charge in [0.05, 0.1) is 16.0 Å². The monoisotopic (exact) mass is 495 g/mol. The molecule has 184 valence electrons. The Morgan fingerprint density at radius 2 is 1.80 bits per heavy atom. The fourth-order valence-electron chi connectivity index (χ4n) is 4.32. The van der Waals surface area contributed by atoms with Crippen molar-refractivity contribution in [1.82, 2.24) is 9.29 Å². The van der Waals surface area contributed by atoms with Gasteiger partial charge in [-0.3, -0.25) is 9.78 Å². The molecular formula is C26H29N3O5S. The molecule has 0 fully saturated rings. The second kappa shape index (κ2) is 9.75. The average molecular weight is 496 g/mol. The van der Waals surface area contributed by atoms with Crippen molar-refractivity contribution in [3.8, 4) is 0 Å². The van der Waals surface area contributed by atoms with Gasteiger partial charge >= 0.3 is 5.97 Å². The number of hydrogen-bond acceptors (Lipinski definition) is 6. The molecule has 0 saturated carbocycles. The number of ether oxygens (including phenoxy) is 1. The second-order valence-electron chi connectivity index (χ2n) is 9.03. The number of benzene rings is 2. The summed E-state index contributed by atoms with van der Waals surface area (Å²) < 4.78 is 31.6. The van der Waals surface area contributed by atoms with E-state index in [1.54, 1.807) is 19.1 Å². The number of fused-ring (bicyclic) bond motifs is 2. The summed E-state index contributed by atoms with van der Waals surface area (Å²) in [5.74, 6) is -1.12. The molecule has 0 spiro atoms. The molecule has 8 nitrogen and oxygen atoms in total. The van der Waals surface area contributed by atoms with Crippen LogP contribution in [0.5, 0.6) is 0 Å². The van der Waals surface area contributed by atoms with Gasteiger partial charge in [-0.05, 0) is 74.9 Å². The van der Waals surface area contributed by atoms with Gasteiger partial charge in [0.15, 0.2) is 6.61 Å². The molecule has 0 saturated heterocycles. The summed E-state index contributed by atoms with van der Waals surface area (Å²) in [7, 11) is -0.776. The first-order chi connectivity index (χ1) is 16.6. The van der Waals surface area contributed by atoms with E-state index in [2.05, 4.69) is 5.32 Å². The summed E-state index contributed by atoms with van der Waals surface area (Å²) in [4.78, 5) is 30.6. The highest BCUT2D eigenvalue weighted by molar-refractivity contribution is 7.89. The van der Waals surface area contributed by atoms with Gasteiger partial charge in [0, 0.05) is 30.9 Å². The number of hydrogen-bond donors (Lipinski definition) is 1. The zero-order chi connectivity index (χ0) is 25.3. The van der Waals surface area contributed by atoms with Crippen LogP contribution in [0.3, 0.4) is 0 Å².